The lowest BCUT2D eigenvalue weighted by atomic mass is 9.82. The van der Waals surface area contributed by atoms with E-state index in [0.29, 0.717) is 5.57 Å². The summed E-state index contributed by atoms with van der Waals surface area (Å²) < 4.78 is 21.4. The topological polar surface area (TPSA) is 192 Å². The normalized spacial score (nSPS) is 39.7. The van der Waals surface area contributed by atoms with E-state index in [-0.39, 0.29) is 12.2 Å². The lowest BCUT2D eigenvalue weighted by Crippen LogP contribution is -2.60. The molecular formula is C18H24O12S. The molecule has 3 rings (SSSR count). The van der Waals surface area contributed by atoms with Crippen molar-refractivity contribution in [3.05, 3.63) is 23.5 Å². The number of aliphatic carboxylic acids is 1. The first-order valence-corrected chi connectivity index (χ1v) is 10.6. The number of fused-ring (bicyclic) bond motifs is 1. The molecule has 2 heterocycles. The fourth-order valence-electron chi connectivity index (χ4n) is 3.87. The van der Waals surface area contributed by atoms with Gasteiger partial charge in [-0.3, -0.25) is 0 Å². The van der Waals surface area contributed by atoms with Crippen LogP contribution in [0.4, 0.5) is 4.79 Å². The van der Waals surface area contributed by atoms with Gasteiger partial charge in [0.15, 0.2) is 6.29 Å². The van der Waals surface area contributed by atoms with Crippen LogP contribution in [0.5, 0.6) is 0 Å². The highest BCUT2D eigenvalue weighted by molar-refractivity contribution is 8.12. The number of aliphatic hydroxyl groups is 5. The maximum absolute atomic E-state index is 11.6. The number of carbonyl (C=O) groups excluding carboxylic acids is 1. The molecule has 31 heavy (non-hydrogen) atoms. The highest BCUT2D eigenvalue weighted by Gasteiger charge is 2.52. The maximum Gasteiger partial charge on any atom is 0.367 e. The van der Waals surface area contributed by atoms with E-state index in [2.05, 4.69) is 0 Å². The molecule has 0 saturated carbocycles. The van der Waals surface area contributed by atoms with Crippen LogP contribution in [-0.4, -0.2) is 104 Å². The van der Waals surface area contributed by atoms with Gasteiger partial charge in [-0.2, -0.15) is 0 Å². The van der Waals surface area contributed by atoms with Crippen molar-refractivity contribution in [2.24, 2.45) is 11.8 Å². The summed E-state index contributed by atoms with van der Waals surface area (Å²) in [7, 11) is 0. The summed E-state index contributed by atoms with van der Waals surface area (Å²) in [6.45, 7) is -0.928. The molecule has 9 atom stereocenters. The predicted octanol–water partition coefficient (Wildman–Crippen LogP) is -1.84. The van der Waals surface area contributed by atoms with Gasteiger partial charge in [0.25, 0.3) is 0 Å². The zero-order chi connectivity index (χ0) is 22.9. The molecule has 174 valence electrons. The van der Waals surface area contributed by atoms with Crippen molar-refractivity contribution in [2.45, 2.75) is 43.1 Å². The molecule has 1 aliphatic carbocycles. The van der Waals surface area contributed by atoms with Gasteiger partial charge in [-0.15, -0.1) is 0 Å². The number of carboxylic acids is 1. The van der Waals surface area contributed by atoms with Crippen LogP contribution in [0.15, 0.2) is 23.5 Å². The summed E-state index contributed by atoms with van der Waals surface area (Å²) in [5.74, 6) is -3.24. The second-order valence-electron chi connectivity index (χ2n) is 7.24. The van der Waals surface area contributed by atoms with Gasteiger partial charge in [0.1, 0.15) is 31.0 Å². The Morgan fingerprint density at radius 3 is 2.42 bits per heavy atom. The van der Waals surface area contributed by atoms with Crippen molar-refractivity contribution in [1.82, 2.24) is 0 Å². The average molecular weight is 464 g/mol. The Morgan fingerprint density at radius 1 is 1.10 bits per heavy atom. The van der Waals surface area contributed by atoms with Crippen molar-refractivity contribution in [2.75, 3.05) is 19.5 Å². The summed E-state index contributed by atoms with van der Waals surface area (Å²) in [6, 6.07) is 0. The van der Waals surface area contributed by atoms with Crippen LogP contribution in [0.25, 0.3) is 0 Å². The third-order valence-corrected chi connectivity index (χ3v) is 5.89. The molecule has 1 fully saturated rings. The minimum Gasteiger partial charge on any atom is -0.478 e. The molecule has 6 N–H and O–H groups in total. The Balaban J connectivity index is 1.84. The number of carboxylic acid groups (broad SMARTS) is 1. The highest BCUT2D eigenvalue weighted by atomic mass is 32.2. The van der Waals surface area contributed by atoms with Crippen LogP contribution in [0.3, 0.4) is 0 Å². The SMILES string of the molecule is CSC(=O)OCC1=C[C@H](O)[C@@H]2C(C(=O)O)=CO[C@@H](OC3O[C@H](CO)[C@@H](O)[C@H](O)[C@H]3O)[C@H]12. The van der Waals surface area contributed by atoms with E-state index in [9.17, 15) is 40.2 Å². The van der Waals surface area contributed by atoms with Gasteiger partial charge < -0.3 is 49.6 Å². The predicted molar refractivity (Wildman–Crippen MR) is 101 cm³/mol. The molecule has 12 nitrogen and oxygen atoms in total. The summed E-state index contributed by atoms with van der Waals surface area (Å²) in [4.78, 5) is 23.1. The molecular weight excluding hydrogens is 440 g/mol. The quantitative estimate of drug-likeness (QED) is 0.190. The first-order valence-electron chi connectivity index (χ1n) is 9.33. The van der Waals surface area contributed by atoms with Crippen LogP contribution in [0.1, 0.15) is 0 Å². The molecule has 0 amide bonds. The molecule has 0 aromatic carbocycles. The minimum atomic E-state index is -1.71. The summed E-state index contributed by atoms with van der Waals surface area (Å²) >= 11 is 0.829. The van der Waals surface area contributed by atoms with Crippen LogP contribution in [0.2, 0.25) is 0 Å². The van der Waals surface area contributed by atoms with Crippen LogP contribution < -0.4 is 0 Å². The van der Waals surface area contributed by atoms with Gasteiger partial charge in [-0.05, 0) is 23.6 Å². The number of rotatable bonds is 6. The molecule has 0 bridgehead atoms. The average Bonchev–Trinajstić information content (AvgIpc) is 3.09. The van der Waals surface area contributed by atoms with Crippen LogP contribution >= 0.6 is 11.8 Å². The van der Waals surface area contributed by atoms with E-state index in [1.54, 1.807) is 0 Å². The number of carbonyl (C=O) groups is 2. The van der Waals surface area contributed by atoms with E-state index >= 15 is 0 Å². The Morgan fingerprint density at radius 2 is 1.81 bits per heavy atom. The zero-order valence-electron chi connectivity index (χ0n) is 16.3. The van der Waals surface area contributed by atoms with E-state index in [1.807, 2.05) is 0 Å². The Kier molecular flexibility index (Phi) is 7.59. The molecule has 13 heteroatoms. The van der Waals surface area contributed by atoms with Gasteiger partial charge in [0, 0.05) is 5.92 Å². The van der Waals surface area contributed by atoms with Crippen molar-refractivity contribution >= 4 is 23.0 Å². The second-order valence-corrected chi connectivity index (χ2v) is 7.98. The van der Waals surface area contributed by atoms with E-state index in [4.69, 9.17) is 18.9 Å². The number of hydrogen-bond donors (Lipinski definition) is 6. The number of thioether (sulfide) groups is 1. The lowest BCUT2D eigenvalue weighted by Gasteiger charge is -2.43. The second kappa shape index (κ2) is 9.83. The molecule has 1 saturated heterocycles. The molecule has 3 aliphatic rings. The molecule has 0 spiro atoms. The number of aliphatic hydroxyl groups excluding tert-OH is 5. The Labute approximate surface area is 180 Å². The lowest BCUT2D eigenvalue weighted by molar-refractivity contribution is -0.340. The Bertz CT molecular complexity index is 752. The molecule has 1 unspecified atom stereocenters. The fraction of sp³-hybridized carbons (Fsp3) is 0.667. The fourth-order valence-corrected chi connectivity index (χ4v) is 4.05. The molecule has 0 radical (unpaired) electrons. The van der Waals surface area contributed by atoms with E-state index < -0.39 is 72.8 Å². The van der Waals surface area contributed by atoms with E-state index in [1.165, 1.54) is 12.3 Å². The maximum atomic E-state index is 11.6. The summed E-state index contributed by atoms with van der Waals surface area (Å²) in [5.41, 5.74) is 0.106. The van der Waals surface area contributed by atoms with Crippen molar-refractivity contribution < 1.29 is 59.2 Å². The first kappa shape index (κ1) is 23.9. The summed E-state index contributed by atoms with van der Waals surface area (Å²) in [6.07, 6.45) is -6.52. The van der Waals surface area contributed by atoms with Crippen molar-refractivity contribution in [1.29, 1.82) is 0 Å². The molecule has 0 aromatic heterocycles. The first-order chi connectivity index (χ1) is 14.7. The van der Waals surface area contributed by atoms with Crippen LogP contribution in [0, 0.1) is 11.8 Å². The molecule has 2 aliphatic heterocycles. The third-order valence-electron chi connectivity index (χ3n) is 5.44. The highest BCUT2D eigenvalue weighted by Crippen LogP contribution is 2.44. The minimum absolute atomic E-state index is 0.228. The van der Waals surface area contributed by atoms with Gasteiger partial charge in [0.05, 0.1) is 30.5 Å². The standard InChI is InChI=1S/C18H24O12S/c1-31-18(26)28-4-6-2-8(20)11-7(15(24)25)5-27-16(10(6)11)30-17-14(23)13(22)12(21)9(3-19)29-17/h2,5,8-14,16-17,19-23H,3-4H2,1H3,(H,24,25)/t8-,9+,10+,11-,12+,13-,14+,16-,17?/m0/s1. The third kappa shape index (κ3) is 4.73. The monoisotopic (exact) mass is 464 g/mol. The van der Waals surface area contributed by atoms with E-state index in [0.717, 1.165) is 18.0 Å². The number of ether oxygens (including phenoxy) is 4. The van der Waals surface area contributed by atoms with Crippen molar-refractivity contribution in [3.8, 4) is 0 Å². The van der Waals surface area contributed by atoms with Gasteiger partial charge in [-0.25, -0.2) is 9.59 Å². The van der Waals surface area contributed by atoms with Crippen molar-refractivity contribution in [3.63, 3.8) is 0 Å². The number of hydrogen-bond acceptors (Lipinski definition) is 12. The largest absolute Gasteiger partial charge is 0.478 e. The Hall–Kier alpha value is -1.71. The van der Waals surface area contributed by atoms with Crippen LogP contribution in [-0.2, 0) is 23.7 Å². The zero-order valence-corrected chi connectivity index (χ0v) is 17.1. The van der Waals surface area contributed by atoms with Gasteiger partial charge in [-0.1, -0.05) is 6.08 Å². The van der Waals surface area contributed by atoms with Gasteiger partial charge in [0.2, 0.25) is 6.29 Å². The smallest absolute Gasteiger partial charge is 0.367 e. The van der Waals surface area contributed by atoms with Gasteiger partial charge >= 0.3 is 11.3 Å². The molecule has 0 aromatic rings. The summed E-state index contributed by atoms with van der Waals surface area (Å²) in [5, 5.41) is 58.7.